The minimum Gasteiger partial charge on any atom is -0.371 e. The fourth-order valence-corrected chi connectivity index (χ4v) is 5.67. The normalized spacial score (nSPS) is 17.0. The first-order chi connectivity index (χ1) is 16.8. The SMILES string of the molecule is CCN(CC(C)CCCCCC1(CCNC)CCNCC1)c1ccc(C(F)(F)F)c2ncccc12. The highest BCUT2D eigenvalue weighted by molar-refractivity contribution is 5.94. The van der Waals surface area contributed by atoms with Gasteiger partial charge in [0.05, 0.1) is 11.1 Å². The van der Waals surface area contributed by atoms with E-state index in [1.807, 2.05) is 7.05 Å². The van der Waals surface area contributed by atoms with Crippen LogP contribution in [-0.4, -0.2) is 44.8 Å². The molecular formula is C28H43F3N4. The van der Waals surface area contributed by atoms with Gasteiger partial charge in [-0.05, 0) is 101 Å². The lowest BCUT2D eigenvalue weighted by Gasteiger charge is -2.38. The Morgan fingerprint density at radius 2 is 1.89 bits per heavy atom. The van der Waals surface area contributed by atoms with Crippen LogP contribution in [0.4, 0.5) is 18.9 Å². The summed E-state index contributed by atoms with van der Waals surface area (Å²) in [6.45, 7) is 9.29. The Morgan fingerprint density at radius 1 is 1.11 bits per heavy atom. The van der Waals surface area contributed by atoms with Crippen LogP contribution in [0.1, 0.15) is 70.8 Å². The van der Waals surface area contributed by atoms with E-state index in [0.717, 1.165) is 44.8 Å². The van der Waals surface area contributed by atoms with Gasteiger partial charge in [0.1, 0.15) is 0 Å². The molecular weight excluding hydrogens is 449 g/mol. The summed E-state index contributed by atoms with van der Waals surface area (Å²) >= 11 is 0. The zero-order valence-electron chi connectivity index (χ0n) is 21.7. The molecule has 1 aromatic heterocycles. The summed E-state index contributed by atoms with van der Waals surface area (Å²) in [7, 11) is 2.04. The molecule has 0 radical (unpaired) electrons. The van der Waals surface area contributed by atoms with Crippen molar-refractivity contribution in [1.82, 2.24) is 15.6 Å². The van der Waals surface area contributed by atoms with Crippen molar-refractivity contribution >= 4 is 16.6 Å². The quantitative estimate of drug-likeness (QED) is 0.307. The second-order valence-corrected chi connectivity index (χ2v) is 10.4. The minimum atomic E-state index is -4.41. The van der Waals surface area contributed by atoms with Crippen molar-refractivity contribution in [2.24, 2.45) is 11.3 Å². The van der Waals surface area contributed by atoms with Gasteiger partial charge in [-0.25, -0.2) is 0 Å². The maximum absolute atomic E-state index is 13.5. The van der Waals surface area contributed by atoms with Crippen molar-refractivity contribution in [3.8, 4) is 0 Å². The molecule has 196 valence electrons. The number of hydrogen-bond donors (Lipinski definition) is 2. The zero-order chi connectivity index (χ0) is 25.3. The second kappa shape index (κ2) is 12.9. The number of nitrogens with zero attached hydrogens (tertiary/aromatic N) is 2. The standard InChI is InChI=1S/C28H43F3N4/c1-4-35(25-12-11-24(28(29,30)31)26-23(25)10-8-17-34-26)21-22(2)9-6-5-7-13-27(14-18-32-3)15-19-33-20-16-27/h8,10-12,17,22,32-33H,4-7,9,13-16,18-21H2,1-3H3. The third-order valence-corrected chi connectivity index (χ3v) is 7.78. The first-order valence-corrected chi connectivity index (χ1v) is 13.3. The number of piperidine rings is 1. The Kier molecular flexibility index (Phi) is 10.2. The summed E-state index contributed by atoms with van der Waals surface area (Å²) in [5.41, 5.74) is 0.708. The van der Waals surface area contributed by atoms with E-state index in [1.165, 1.54) is 57.2 Å². The van der Waals surface area contributed by atoms with Gasteiger partial charge in [0.2, 0.25) is 0 Å². The van der Waals surface area contributed by atoms with Gasteiger partial charge in [0.15, 0.2) is 0 Å². The lowest BCUT2D eigenvalue weighted by molar-refractivity contribution is -0.136. The highest BCUT2D eigenvalue weighted by Gasteiger charge is 2.34. The number of unbranched alkanes of at least 4 members (excludes halogenated alkanes) is 2. The number of halogens is 3. The molecule has 2 N–H and O–H groups in total. The average molecular weight is 493 g/mol. The summed E-state index contributed by atoms with van der Waals surface area (Å²) in [5, 5.41) is 7.41. The molecule has 1 aliphatic heterocycles. The molecule has 0 saturated carbocycles. The Bertz CT molecular complexity index is 909. The maximum atomic E-state index is 13.5. The molecule has 0 amide bonds. The molecule has 1 unspecified atom stereocenters. The van der Waals surface area contributed by atoms with Crippen molar-refractivity contribution in [2.45, 2.75) is 71.4 Å². The lowest BCUT2D eigenvalue weighted by atomic mass is 9.72. The van der Waals surface area contributed by atoms with Gasteiger partial charge in [-0.2, -0.15) is 13.2 Å². The smallest absolute Gasteiger partial charge is 0.371 e. The number of fused-ring (bicyclic) bond motifs is 1. The van der Waals surface area contributed by atoms with Crippen LogP contribution >= 0.6 is 0 Å². The number of nitrogens with one attached hydrogen (secondary N) is 2. The maximum Gasteiger partial charge on any atom is 0.418 e. The fourth-order valence-electron chi connectivity index (χ4n) is 5.67. The molecule has 0 spiro atoms. The van der Waals surface area contributed by atoms with Crippen LogP contribution in [0.3, 0.4) is 0 Å². The molecule has 1 aliphatic rings. The highest BCUT2D eigenvalue weighted by atomic mass is 19.4. The predicted octanol–water partition coefficient (Wildman–Crippen LogP) is 6.65. The molecule has 1 atom stereocenters. The third kappa shape index (κ3) is 7.56. The molecule has 0 bridgehead atoms. The zero-order valence-corrected chi connectivity index (χ0v) is 21.7. The lowest BCUT2D eigenvalue weighted by Crippen LogP contribution is -2.38. The van der Waals surface area contributed by atoms with Gasteiger partial charge in [-0.3, -0.25) is 4.98 Å². The summed E-state index contributed by atoms with van der Waals surface area (Å²) in [6, 6.07) is 6.27. The van der Waals surface area contributed by atoms with E-state index in [4.69, 9.17) is 0 Å². The Balaban J connectivity index is 1.54. The van der Waals surface area contributed by atoms with Crippen molar-refractivity contribution in [2.75, 3.05) is 44.7 Å². The van der Waals surface area contributed by atoms with Crippen LogP contribution in [0.5, 0.6) is 0 Å². The van der Waals surface area contributed by atoms with E-state index in [2.05, 4.69) is 34.4 Å². The first-order valence-electron chi connectivity index (χ1n) is 13.3. The fraction of sp³-hybridized carbons (Fsp3) is 0.679. The Labute approximate surface area is 209 Å². The van der Waals surface area contributed by atoms with Crippen LogP contribution < -0.4 is 15.5 Å². The van der Waals surface area contributed by atoms with Crippen LogP contribution in [0.2, 0.25) is 0 Å². The molecule has 1 aromatic carbocycles. The summed E-state index contributed by atoms with van der Waals surface area (Å²) in [5.74, 6) is 0.473. The second-order valence-electron chi connectivity index (χ2n) is 10.4. The van der Waals surface area contributed by atoms with Gasteiger partial charge < -0.3 is 15.5 Å². The number of alkyl halides is 3. The average Bonchev–Trinajstić information content (AvgIpc) is 2.85. The summed E-state index contributed by atoms with van der Waals surface area (Å²) < 4.78 is 40.5. The molecule has 4 nitrogen and oxygen atoms in total. The van der Waals surface area contributed by atoms with Gasteiger partial charge >= 0.3 is 6.18 Å². The number of pyridine rings is 1. The molecule has 35 heavy (non-hydrogen) atoms. The molecule has 0 aliphatic carbocycles. The number of hydrogen-bond acceptors (Lipinski definition) is 4. The third-order valence-electron chi connectivity index (χ3n) is 7.78. The largest absolute Gasteiger partial charge is 0.418 e. The van der Waals surface area contributed by atoms with Crippen LogP contribution in [0.15, 0.2) is 30.5 Å². The molecule has 2 heterocycles. The minimum absolute atomic E-state index is 0.0358. The summed E-state index contributed by atoms with van der Waals surface area (Å²) in [4.78, 5) is 6.29. The summed E-state index contributed by atoms with van der Waals surface area (Å²) in [6.07, 6.45) is 7.05. The van der Waals surface area contributed by atoms with E-state index in [0.29, 0.717) is 16.7 Å². The van der Waals surface area contributed by atoms with Crippen LogP contribution in [-0.2, 0) is 6.18 Å². The van der Waals surface area contributed by atoms with Gasteiger partial charge in [0.25, 0.3) is 0 Å². The number of benzene rings is 1. The van der Waals surface area contributed by atoms with E-state index in [9.17, 15) is 13.2 Å². The van der Waals surface area contributed by atoms with Crippen LogP contribution in [0.25, 0.3) is 10.9 Å². The molecule has 2 aromatic rings. The van der Waals surface area contributed by atoms with E-state index >= 15 is 0 Å². The van der Waals surface area contributed by atoms with E-state index in [-0.39, 0.29) is 5.52 Å². The predicted molar refractivity (Wildman–Crippen MR) is 140 cm³/mol. The van der Waals surface area contributed by atoms with E-state index in [1.54, 1.807) is 18.2 Å². The Hall–Kier alpha value is -1.86. The van der Waals surface area contributed by atoms with Crippen molar-refractivity contribution in [3.63, 3.8) is 0 Å². The van der Waals surface area contributed by atoms with Gasteiger partial charge in [0, 0.05) is 30.4 Å². The molecule has 1 saturated heterocycles. The van der Waals surface area contributed by atoms with Gasteiger partial charge in [-0.15, -0.1) is 0 Å². The monoisotopic (exact) mass is 492 g/mol. The molecule has 1 fully saturated rings. The topological polar surface area (TPSA) is 40.2 Å². The number of anilines is 1. The number of rotatable bonds is 13. The van der Waals surface area contributed by atoms with Crippen molar-refractivity contribution in [1.29, 1.82) is 0 Å². The Morgan fingerprint density at radius 3 is 2.57 bits per heavy atom. The van der Waals surface area contributed by atoms with Crippen molar-refractivity contribution < 1.29 is 13.2 Å². The van der Waals surface area contributed by atoms with Crippen molar-refractivity contribution in [3.05, 3.63) is 36.0 Å². The van der Waals surface area contributed by atoms with Crippen LogP contribution in [0, 0.1) is 11.3 Å². The van der Waals surface area contributed by atoms with Gasteiger partial charge in [-0.1, -0.05) is 26.2 Å². The molecule has 7 heteroatoms. The first kappa shape index (κ1) is 27.7. The number of aromatic nitrogens is 1. The molecule has 3 rings (SSSR count). The van der Waals surface area contributed by atoms with E-state index < -0.39 is 11.7 Å². The highest BCUT2D eigenvalue weighted by Crippen LogP contribution is 2.39.